The van der Waals surface area contributed by atoms with Crippen LogP contribution in [0.15, 0.2) is 40.9 Å². The molecule has 0 spiro atoms. The Balaban J connectivity index is 0.000000257. The molecule has 1 aromatic carbocycles. The van der Waals surface area contributed by atoms with E-state index in [4.69, 9.17) is 10.5 Å². The number of nitriles is 2. The Morgan fingerprint density at radius 3 is 2.04 bits per heavy atom. The number of nitrogens with zero attached hydrogens (tertiary/aromatic N) is 4. The van der Waals surface area contributed by atoms with Gasteiger partial charge in [-0.15, -0.1) is 0 Å². The van der Waals surface area contributed by atoms with Crippen LogP contribution in [-0.4, -0.2) is 62.6 Å². The number of hydrogen-bond donors (Lipinski definition) is 0. The number of piperazine rings is 1. The lowest BCUT2D eigenvalue weighted by Crippen LogP contribution is -2.53. The van der Waals surface area contributed by atoms with Gasteiger partial charge in [0, 0.05) is 6.20 Å². The van der Waals surface area contributed by atoms with Crippen LogP contribution in [0.3, 0.4) is 0 Å². The Morgan fingerprint density at radius 1 is 1.16 bits per heavy atom. The van der Waals surface area contributed by atoms with Crippen molar-refractivity contribution in [1.29, 1.82) is 10.5 Å². The number of rotatable bonds is 2. The molecule has 0 aliphatic carbocycles. The molecule has 1 saturated heterocycles. The summed E-state index contributed by atoms with van der Waals surface area (Å²) in [6.45, 7) is 5.77. The Labute approximate surface area is 149 Å². The maximum Gasteiger partial charge on any atom is 0.145 e. The van der Waals surface area contributed by atoms with Gasteiger partial charge in [0.25, 0.3) is 0 Å². The summed E-state index contributed by atoms with van der Waals surface area (Å²) in [4.78, 5) is 1.87. The molecule has 7 nitrogen and oxygen atoms in total. The van der Waals surface area contributed by atoms with Gasteiger partial charge in [-0.2, -0.15) is 10.5 Å². The molecule has 2 rings (SSSR count). The predicted molar refractivity (Wildman–Crippen MR) is 91.9 cm³/mol. The first-order chi connectivity index (χ1) is 11.6. The van der Waals surface area contributed by atoms with Crippen molar-refractivity contribution < 1.29 is 17.5 Å². The van der Waals surface area contributed by atoms with Crippen LogP contribution >= 0.6 is 0 Å². The molecule has 0 unspecified atom stereocenters. The van der Waals surface area contributed by atoms with Crippen molar-refractivity contribution >= 4 is 10.1 Å². The zero-order valence-corrected chi connectivity index (χ0v) is 15.5. The minimum absolute atomic E-state index is 0.178. The molecule has 1 aliphatic heterocycles. The molecule has 0 N–H and O–H groups in total. The summed E-state index contributed by atoms with van der Waals surface area (Å²) in [5.74, 6) is 0. The maximum absolute atomic E-state index is 10.4. The molecular formula is C17H22N4O3S. The summed E-state index contributed by atoms with van der Waals surface area (Å²) >= 11 is 0. The van der Waals surface area contributed by atoms with Crippen molar-refractivity contribution in [1.82, 2.24) is 4.90 Å². The van der Waals surface area contributed by atoms with Crippen LogP contribution in [0.5, 0.6) is 0 Å². The molecule has 0 amide bonds. The van der Waals surface area contributed by atoms with Crippen LogP contribution in [0.4, 0.5) is 0 Å². The molecule has 1 fully saturated rings. The second-order valence-electron chi connectivity index (χ2n) is 6.45. The van der Waals surface area contributed by atoms with E-state index in [9.17, 15) is 13.0 Å². The molecule has 0 saturated carbocycles. The highest BCUT2D eigenvalue weighted by molar-refractivity contribution is 7.85. The Hall–Kier alpha value is -2.39. The van der Waals surface area contributed by atoms with Crippen LogP contribution in [0.25, 0.3) is 0 Å². The summed E-state index contributed by atoms with van der Waals surface area (Å²) in [6.07, 6.45) is 1.67. The minimum Gasteiger partial charge on any atom is -0.744 e. The van der Waals surface area contributed by atoms with Crippen LogP contribution < -0.4 is 0 Å². The topological polar surface area (TPSA) is 108 Å². The van der Waals surface area contributed by atoms with Crippen molar-refractivity contribution in [2.75, 3.05) is 40.3 Å². The Morgan fingerprint density at radius 2 is 1.64 bits per heavy atom. The molecule has 1 aliphatic rings. The fourth-order valence-electron chi connectivity index (χ4n) is 2.12. The smallest absolute Gasteiger partial charge is 0.145 e. The van der Waals surface area contributed by atoms with Crippen molar-refractivity contribution in [2.45, 2.75) is 11.8 Å². The standard InChI is InChI=1S/C10H15N4.C7H8O3S/c1-14(2)5-3-13(4-6-14)9-10(7-11)8-12;1-6-2-4-7(5-3-6)11(8,9)10/h9H,3-6H2,1-2H3;2-5H,1H3,(H,8,9,10)/q+1;/p-1. The predicted octanol–water partition coefficient (Wildman–Crippen LogP) is 1.21. The molecule has 0 bridgehead atoms. The lowest BCUT2D eigenvalue weighted by Gasteiger charge is -2.38. The highest BCUT2D eigenvalue weighted by Gasteiger charge is 2.22. The number of benzene rings is 1. The SMILES string of the molecule is C[N+]1(C)CCN(C=C(C#N)C#N)CC1.Cc1ccc(S(=O)(=O)[O-])cc1. The molecule has 1 aromatic rings. The lowest BCUT2D eigenvalue weighted by atomic mass is 10.2. The first-order valence-electron chi connectivity index (χ1n) is 7.68. The third kappa shape index (κ3) is 7.36. The van der Waals surface area contributed by atoms with E-state index >= 15 is 0 Å². The third-order valence-electron chi connectivity index (χ3n) is 3.85. The lowest BCUT2D eigenvalue weighted by molar-refractivity contribution is -0.894. The van der Waals surface area contributed by atoms with Gasteiger partial charge in [-0.3, -0.25) is 0 Å². The van der Waals surface area contributed by atoms with E-state index in [2.05, 4.69) is 14.1 Å². The molecular weight excluding hydrogens is 340 g/mol. The first kappa shape index (κ1) is 20.7. The molecule has 25 heavy (non-hydrogen) atoms. The highest BCUT2D eigenvalue weighted by atomic mass is 32.2. The second-order valence-corrected chi connectivity index (χ2v) is 7.83. The normalized spacial score (nSPS) is 15.8. The maximum atomic E-state index is 10.4. The number of allylic oxidation sites excluding steroid dienone is 1. The number of aryl methyl sites for hydroxylation is 1. The fraction of sp³-hybridized carbons (Fsp3) is 0.412. The number of hydrogen-bond acceptors (Lipinski definition) is 6. The van der Waals surface area contributed by atoms with Gasteiger partial charge in [-0.05, 0) is 19.1 Å². The monoisotopic (exact) mass is 362 g/mol. The van der Waals surface area contributed by atoms with Crippen LogP contribution in [-0.2, 0) is 10.1 Å². The van der Waals surface area contributed by atoms with Crippen LogP contribution in [0, 0.1) is 29.6 Å². The quantitative estimate of drug-likeness (QED) is 0.444. The van der Waals surface area contributed by atoms with Crippen molar-refractivity contribution in [3.63, 3.8) is 0 Å². The van der Waals surface area contributed by atoms with E-state index in [1.54, 1.807) is 18.3 Å². The van der Waals surface area contributed by atoms with Crippen molar-refractivity contribution in [3.8, 4) is 12.1 Å². The van der Waals surface area contributed by atoms with Crippen LogP contribution in [0.1, 0.15) is 5.56 Å². The largest absolute Gasteiger partial charge is 0.744 e. The van der Waals surface area contributed by atoms with Gasteiger partial charge >= 0.3 is 0 Å². The summed E-state index contributed by atoms with van der Waals surface area (Å²) in [6, 6.07) is 9.53. The average molecular weight is 362 g/mol. The van der Waals surface area contributed by atoms with E-state index in [1.165, 1.54) is 12.1 Å². The van der Waals surface area contributed by atoms with Gasteiger partial charge in [0.1, 0.15) is 27.8 Å². The van der Waals surface area contributed by atoms with Gasteiger partial charge < -0.3 is 13.9 Å². The van der Waals surface area contributed by atoms with Gasteiger partial charge in [0.2, 0.25) is 0 Å². The summed E-state index contributed by atoms with van der Waals surface area (Å²) in [5, 5.41) is 17.2. The van der Waals surface area contributed by atoms with E-state index in [-0.39, 0.29) is 10.5 Å². The van der Waals surface area contributed by atoms with Gasteiger partial charge in [-0.1, -0.05) is 17.7 Å². The Bertz CT molecular complexity index is 774. The highest BCUT2D eigenvalue weighted by Crippen LogP contribution is 2.09. The first-order valence-corrected chi connectivity index (χ1v) is 9.09. The van der Waals surface area contributed by atoms with E-state index < -0.39 is 10.1 Å². The van der Waals surface area contributed by atoms with E-state index in [0.29, 0.717) is 0 Å². The zero-order chi connectivity index (χ0) is 19.1. The third-order valence-corrected chi connectivity index (χ3v) is 4.70. The zero-order valence-electron chi connectivity index (χ0n) is 14.6. The van der Waals surface area contributed by atoms with Crippen molar-refractivity contribution in [3.05, 3.63) is 41.6 Å². The van der Waals surface area contributed by atoms with E-state index in [1.807, 2.05) is 24.0 Å². The molecule has 0 radical (unpaired) electrons. The molecule has 0 aromatic heterocycles. The minimum atomic E-state index is -4.27. The summed E-state index contributed by atoms with van der Waals surface area (Å²) < 4.78 is 32.2. The molecule has 8 heteroatoms. The van der Waals surface area contributed by atoms with Crippen LogP contribution in [0.2, 0.25) is 0 Å². The van der Waals surface area contributed by atoms with Gasteiger partial charge in [-0.25, -0.2) is 8.42 Å². The number of likely N-dealkylation sites (N-methyl/N-ethyl adjacent to an activating group) is 1. The van der Waals surface area contributed by atoms with Gasteiger partial charge in [0.15, 0.2) is 0 Å². The molecule has 134 valence electrons. The average Bonchev–Trinajstić information content (AvgIpc) is 2.54. The number of quaternary nitrogens is 1. The summed E-state index contributed by atoms with van der Waals surface area (Å²) in [5.41, 5.74) is 1.12. The van der Waals surface area contributed by atoms with Gasteiger partial charge in [0.05, 0.1) is 45.2 Å². The summed E-state index contributed by atoms with van der Waals surface area (Å²) in [7, 11) is 0.112. The fourth-order valence-corrected chi connectivity index (χ4v) is 2.59. The second kappa shape index (κ2) is 8.63. The molecule has 1 heterocycles. The van der Waals surface area contributed by atoms with E-state index in [0.717, 1.165) is 36.2 Å². The molecule has 0 atom stereocenters. The Kier molecular flexibility index (Phi) is 7.13. The van der Waals surface area contributed by atoms with Crippen molar-refractivity contribution in [2.24, 2.45) is 0 Å².